The third-order valence-corrected chi connectivity index (χ3v) is 5.22. The molecule has 1 aliphatic rings. The standard InChI is InChI=1S/C22H34N2/c1-3-5-7-9-19-11-13-20(14-12-19)15-16-22-18-17-21(23-24-22)10-8-6-4-2/h17-20H,3-14H2,1-2H3. The van der Waals surface area contributed by atoms with Crippen molar-refractivity contribution >= 4 is 0 Å². The van der Waals surface area contributed by atoms with E-state index in [1.54, 1.807) is 0 Å². The summed E-state index contributed by atoms with van der Waals surface area (Å²) in [4.78, 5) is 0. The molecule has 132 valence electrons. The summed E-state index contributed by atoms with van der Waals surface area (Å²) < 4.78 is 0. The fourth-order valence-corrected chi connectivity index (χ4v) is 3.57. The fraction of sp³-hybridized carbons (Fsp3) is 0.727. The number of aromatic nitrogens is 2. The molecule has 2 rings (SSSR count). The SMILES string of the molecule is CCCCCc1ccc(C#CC2CCC(CCCCC)CC2)nn1. The molecule has 1 saturated carbocycles. The average Bonchev–Trinajstić information content (AvgIpc) is 2.63. The van der Waals surface area contributed by atoms with E-state index in [2.05, 4.69) is 42.0 Å². The highest BCUT2D eigenvalue weighted by Gasteiger charge is 2.19. The van der Waals surface area contributed by atoms with Crippen molar-refractivity contribution in [2.75, 3.05) is 0 Å². The topological polar surface area (TPSA) is 25.8 Å². The first-order valence-corrected chi connectivity index (χ1v) is 10.2. The molecule has 1 aromatic heterocycles. The Morgan fingerprint density at radius 1 is 0.917 bits per heavy atom. The van der Waals surface area contributed by atoms with Crippen molar-refractivity contribution in [2.45, 2.75) is 90.9 Å². The van der Waals surface area contributed by atoms with Crippen LogP contribution in [0.4, 0.5) is 0 Å². The van der Waals surface area contributed by atoms with Crippen LogP contribution >= 0.6 is 0 Å². The summed E-state index contributed by atoms with van der Waals surface area (Å²) in [5, 5.41) is 8.60. The highest BCUT2D eigenvalue weighted by atomic mass is 15.1. The van der Waals surface area contributed by atoms with Crippen molar-refractivity contribution in [3.8, 4) is 11.8 Å². The molecule has 24 heavy (non-hydrogen) atoms. The van der Waals surface area contributed by atoms with Crippen LogP contribution in [0.15, 0.2) is 12.1 Å². The lowest BCUT2D eigenvalue weighted by Crippen LogP contribution is -2.13. The van der Waals surface area contributed by atoms with Crippen molar-refractivity contribution in [3.63, 3.8) is 0 Å². The lowest BCUT2D eigenvalue weighted by Gasteiger charge is -2.25. The zero-order valence-electron chi connectivity index (χ0n) is 15.7. The summed E-state index contributed by atoms with van der Waals surface area (Å²) >= 11 is 0. The molecule has 1 aliphatic carbocycles. The van der Waals surface area contributed by atoms with Crippen molar-refractivity contribution in [2.24, 2.45) is 11.8 Å². The minimum atomic E-state index is 0.568. The second-order valence-electron chi connectivity index (χ2n) is 7.35. The maximum absolute atomic E-state index is 4.32. The molecular formula is C22H34N2. The number of rotatable bonds is 8. The van der Waals surface area contributed by atoms with Crippen LogP contribution in [0.5, 0.6) is 0 Å². The van der Waals surface area contributed by atoms with Gasteiger partial charge in [0, 0.05) is 5.92 Å². The lowest BCUT2D eigenvalue weighted by molar-refractivity contribution is 0.294. The van der Waals surface area contributed by atoms with E-state index >= 15 is 0 Å². The van der Waals surface area contributed by atoms with Crippen LogP contribution in [0.2, 0.25) is 0 Å². The van der Waals surface area contributed by atoms with E-state index < -0.39 is 0 Å². The van der Waals surface area contributed by atoms with Gasteiger partial charge in [-0.2, -0.15) is 5.10 Å². The van der Waals surface area contributed by atoms with Crippen LogP contribution in [0.1, 0.15) is 95.9 Å². The number of aryl methyl sites for hydroxylation is 1. The molecule has 0 radical (unpaired) electrons. The number of hydrogen-bond donors (Lipinski definition) is 0. The van der Waals surface area contributed by atoms with E-state index in [4.69, 9.17) is 0 Å². The number of nitrogens with zero attached hydrogens (tertiary/aromatic N) is 2. The molecule has 2 heteroatoms. The maximum Gasteiger partial charge on any atom is 0.135 e. The molecule has 0 amide bonds. The Hall–Kier alpha value is -1.36. The molecule has 0 N–H and O–H groups in total. The van der Waals surface area contributed by atoms with Gasteiger partial charge in [-0.15, -0.1) is 5.10 Å². The van der Waals surface area contributed by atoms with Gasteiger partial charge in [-0.3, -0.25) is 0 Å². The van der Waals surface area contributed by atoms with E-state index in [0.717, 1.165) is 23.7 Å². The Morgan fingerprint density at radius 2 is 1.67 bits per heavy atom. The second kappa shape index (κ2) is 11.2. The van der Waals surface area contributed by atoms with Gasteiger partial charge < -0.3 is 0 Å². The quantitative estimate of drug-likeness (QED) is 0.436. The van der Waals surface area contributed by atoms with Crippen molar-refractivity contribution < 1.29 is 0 Å². The first-order valence-electron chi connectivity index (χ1n) is 10.2. The van der Waals surface area contributed by atoms with Crippen molar-refractivity contribution in [3.05, 3.63) is 23.5 Å². The fourth-order valence-electron chi connectivity index (χ4n) is 3.57. The van der Waals surface area contributed by atoms with Gasteiger partial charge >= 0.3 is 0 Å². The molecule has 0 saturated heterocycles. The van der Waals surface area contributed by atoms with Gasteiger partial charge in [-0.1, -0.05) is 58.3 Å². The third-order valence-electron chi connectivity index (χ3n) is 5.22. The maximum atomic E-state index is 4.32. The molecule has 0 atom stereocenters. The molecular weight excluding hydrogens is 292 g/mol. The Morgan fingerprint density at radius 3 is 2.33 bits per heavy atom. The Bertz CT molecular complexity index is 501. The molecule has 1 fully saturated rings. The summed E-state index contributed by atoms with van der Waals surface area (Å²) in [5.74, 6) is 8.22. The minimum absolute atomic E-state index is 0.568. The van der Waals surface area contributed by atoms with Crippen molar-refractivity contribution in [1.29, 1.82) is 0 Å². The van der Waals surface area contributed by atoms with Crippen LogP contribution in [0, 0.1) is 23.7 Å². The molecule has 0 unspecified atom stereocenters. The Balaban J connectivity index is 1.73. The van der Waals surface area contributed by atoms with Crippen LogP contribution < -0.4 is 0 Å². The van der Waals surface area contributed by atoms with E-state index in [9.17, 15) is 0 Å². The van der Waals surface area contributed by atoms with Gasteiger partial charge in [0.2, 0.25) is 0 Å². The smallest absolute Gasteiger partial charge is 0.135 e. The molecule has 1 heterocycles. The third kappa shape index (κ3) is 7.04. The van der Waals surface area contributed by atoms with Gasteiger partial charge in [0.25, 0.3) is 0 Å². The first kappa shape index (κ1) is 19.0. The summed E-state index contributed by atoms with van der Waals surface area (Å²) in [6, 6.07) is 4.13. The summed E-state index contributed by atoms with van der Waals surface area (Å²) in [7, 11) is 0. The largest absolute Gasteiger partial charge is 0.154 e. The van der Waals surface area contributed by atoms with Crippen molar-refractivity contribution in [1.82, 2.24) is 10.2 Å². The monoisotopic (exact) mass is 326 g/mol. The molecule has 0 aliphatic heterocycles. The summed E-state index contributed by atoms with van der Waals surface area (Å²) in [6.07, 6.45) is 15.6. The van der Waals surface area contributed by atoms with Crippen LogP contribution in [-0.4, -0.2) is 10.2 Å². The zero-order chi connectivity index (χ0) is 17.0. The van der Waals surface area contributed by atoms with E-state index in [0.29, 0.717) is 5.92 Å². The molecule has 0 bridgehead atoms. The average molecular weight is 327 g/mol. The second-order valence-corrected chi connectivity index (χ2v) is 7.35. The highest BCUT2D eigenvalue weighted by Crippen LogP contribution is 2.31. The van der Waals surface area contributed by atoms with E-state index in [-0.39, 0.29) is 0 Å². The Kier molecular flexibility index (Phi) is 8.88. The Labute approximate surface area is 148 Å². The van der Waals surface area contributed by atoms with Gasteiger partial charge in [0.05, 0.1) is 5.69 Å². The zero-order valence-corrected chi connectivity index (χ0v) is 15.7. The first-order chi connectivity index (χ1) is 11.8. The van der Waals surface area contributed by atoms with Crippen LogP contribution in [-0.2, 0) is 6.42 Å². The minimum Gasteiger partial charge on any atom is -0.154 e. The predicted octanol–water partition coefficient (Wildman–Crippen LogP) is 5.95. The highest BCUT2D eigenvalue weighted by molar-refractivity contribution is 5.27. The van der Waals surface area contributed by atoms with Gasteiger partial charge in [0.15, 0.2) is 0 Å². The number of unbranched alkanes of at least 4 members (excludes halogenated alkanes) is 4. The van der Waals surface area contributed by atoms with Crippen LogP contribution in [0.3, 0.4) is 0 Å². The molecule has 0 spiro atoms. The summed E-state index contributed by atoms with van der Waals surface area (Å²) in [5.41, 5.74) is 1.93. The van der Waals surface area contributed by atoms with Crippen LogP contribution in [0.25, 0.3) is 0 Å². The van der Waals surface area contributed by atoms with Gasteiger partial charge in [0.1, 0.15) is 5.69 Å². The lowest BCUT2D eigenvalue weighted by atomic mass is 9.80. The van der Waals surface area contributed by atoms with Gasteiger partial charge in [-0.25, -0.2) is 0 Å². The predicted molar refractivity (Wildman–Crippen MR) is 102 cm³/mol. The summed E-state index contributed by atoms with van der Waals surface area (Å²) in [6.45, 7) is 4.51. The number of hydrogen-bond acceptors (Lipinski definition) is 2. The van der Waals surface area contributed by atoms with E-state index in [1.807, 2.05) is 6.07 Å². The normalized spacial score (nSPS) is 20.4. The molecule has 0 aromatic carbocycles. The van der Waals surface area contributed by atoms with Gasteiger partial charge in [-0.05, 0) is 62.5 Å². The molecule has 1 aromatic rings. The molecule has 2 nitrogen and oxygen atoms in total. The van der Waals surface area contributed by atoms with E-state index in [1.165, 1.54) is 70.6 Å².